The van der Waals surface area contributed by atoms with Crippen molar-refractivity contribution in [2.75, 3.05) is 5.32 Å². The third-order valence-electron chi connectivity index (χ3n) is 3.38. The molecule has 0 aliphatic heterocycles. The maximum Gasteiger partial charge on any atom is 0.237 e. The Kier molecular flexibility index (Phi) is 3.34. The van der Waals surface area contributed by atoms with Crippen LogP contribution in [0.25, 0.3) is 0 Å². The number of carbonyl (C=O) groups is 1. The number of rotatable bonds is 3. The van der Waals surface area contributed by atoms with E-state index in [1.54, 1.807) is 12.1 Å². The molecule has 0 atom stereocenters. The molecule has 0 saturated heterocycles. The summed E-state index contributed by atoms with van der Waals surface area (Å²) in [6.45, 7) is 2.05. The minimum Gasteiger partial charge on any atom is -0.392 e. The molecule has 1 amide bonds. The van der Waals surface area contributed by atoms with Crippen LogP contribution in [0.15, 0.2) is 24.3 Å². The average Bonchev–Trinajstić information content (AvgIpc) is 2.23. The fourth-order valence-electron chi connectivity index (χ4n) is 2.45. The highest BCUT2D eigenvalue weighted by atomic mass is 32.1. The van der Waals surface area contributed by atoms with E-state index in [-0.39, 0.29) is 16.7 Å². The maximum atomic E-state index is 13.0. The van der Waals surface area contributed by atoms with Crippen LogP contribution in [0.4, 0.5) is 10.1 Å². The van der Waals surface area contributed by atoms with E-state index >= 15 is 0 Å². The summed E-state index contributed by atoms with van der Waals surface area (Å²) in [5.74, 6) is -0.192. The van der Waals surface area contributed by atoms with Crippen LogP contribution >= 0.6 is 12.2 Å². The van der Waals surface area contributed by atoms with Crippen molar-refractivity contribution in [1.29, 1.82) is 0 Å². The Balaban J connectivity index is 2.14. The molecule has 0 heterocycles. The predicted octanol–water partition coefficient (Wildman–Crippen LogP) is 2.47. The van der Waals surface area contributed by atoms with Crippen LogP contribution < -0.4 is 11.1 Å². The maximum absolute atomic E-state index is 13.0. The zero-order chi connectivity index (χ0) is 13.3. The highest BCUT2D eigenvalue weighted by molar-refractivity contribution is 7.80. The Bertz CT molecular complexity index is 498. The van der Waals surface area contributed by atoms with Crippen molar-refractivity contribution in [3.63, 3.8) is 0 Å². The largest absolute Gasteiger partial charge is 0.392 e. The molecule has 2 rings (SSSR count). The number of amides is 1. The first-order valence-electron chi connectivity index (χ1n) is 5.81. The summed E-state index contributed by atoms with van der Waals surface area (Å²) in [5, 5.41) is 2.68. The third kappa shape index (κ3) is 2.22. The number of nitrogens with one attached hydrogen (secondary N) is 1. The van der Waals surface area contributed by atoms with Gasteiger partial charge in [0, 0.05) is 5.69 Å². The summed E-state index contributed by atoms with van der Waals surface area (Å²) in [5.41, 5.74) is 5.34. The summed E-state index contributed by atoms with van der Waals surface area (Å²) < 4.78 is 13.0. The molecular formula is C13H15FN2OS. The Morgan fingerprint density at radius 3 is 2.72 bits per heavy atom. The molecule has 1 saturated carbocycles. The van der Waals surface area contributed by atoms with Gasteiger partial charge in [-0.3, -0.25) is 4.79 Å². The monoisotopic (exact) mass is 266 g/mol. The van der Waals surface area contributed by atoms with E-state index in [4.69, 9.17) is 18.0 Å². The molecule has 0 radical (unpaired) electrons. The van der Waals surface area contributed by atoms with E-state index in [9.17, 15) is 9.18 Å². The lowest BCUT2D eigenvalue weighted by molar-refractivity contribution is -0.127. The first-order valence-corrected chi connectivity index (χ1v) is 6.22. The molecule has 5 heteroatoms. The molecule has 3 N–H and O–H groups in total. The van der Waals surface area contributed by atoms with E-state index in [0.717, 1.165) is 0 Å². The molecule has 1 aliphatic rings. The van der Waals surface area contributed by atoms with E-state index in [0.29, 0.717) is 24.4 Å². The van der Waals surface area contributed by atoms with Crippen molar-refractivity contribution in [1.82, 2.24) is 0 Å². The molecule has 0 spiro atoms. The molecule has 1 fully saturated rings. The van der Waals surface area contributed by atoms with Gasteiger partial charge in [0.05, 0.1) is 10.4 Å². The zero-order valence-corrected chi connectivity index (χ0v) is 10.9. The van der Waals surface area contributed by atoms with Crippen molar-refractivity contribution in [2.24, 2.45) is 17.1 Å². The SMILES string of the molecule is CC1CC(C(=O)Nc2cccc(F)c2)(C(N)=S)C1. The first kappa shape index (κ1) is 13.0. The average molecular weight is 266 g/mol. The standard InChI is InChI=1S/C13H15FN2OS/c1-8-6-13(7-8,11(15)18)12(17)16-10-4-2-3-9(14)5-10/h2-5,8H,6-7H2,1H3,(H2,15,18)(H,16,17). The molecule has 0 aromatic heterocycles. The molecule has 1 aliphatic carbocycles. The molecule has 1 aromatic rings. The predicted molar refractivity (Wildman–Crippen MR) is 72.6 cm³/mol. The van der Waals surface area contributed by atoms with Crippen LogP contribution in [0.2, 0.25) is 0 Å². The summed E-state index contributed by atoms with van der Waals surface area (Å²) in [7, 11) is 0. The molecule has 0 unspecified atom stereocenters. The fourth-order valence-corrected chi connectivity index (χ4v) is 2.70. The Morgan fingerprint density at radius 1 is 1.56 bits per heavy atom. The first-order chi connectivity index (χ1) is 8.44. The van der Waals surface area contributed by atoms with Crippen molar-refractivity contribution in [3.05, 3.63) is 30.1 Å². The number of benzene rings is 1. The smallest absolute Gasteiger partial charge is 0.237 e. The van der Waals surface area contributed by atoms with Crippen LogP contribution in [-0.2, 0) is 4.79 Å². The van der Waals surface area contributed by atoms with Crippen molar-refractivity contribution < 1.29 is 9.18 Å². The second-order valence-electron chi connectivity index (χ2n) is 4.92. The third-order valence-corrected chi connectivity index (χ3v) is 3.77. The Hall–Kier alpha value is -1.49. The van der Waals surface area contributed by atoms with Gasteiger partial charge in [-0.1, -0.05) is 25.2 Å². The van der Waals surface area contributed by atoms with Gasteiger partial charge in [-0.15, -0.1) is 0 Å². The van der Waals surface area contributed by atoms with Crippen LogP contribution in [0.5, 0.6) is 0 Å². The number of halogens is 1. The van der Waals surface area contributed by atoms with E-state index < -0.39 is 5.41 Å². The quantitative estimate of drug-likeness (QED) is 0.826. The summed E-state index contributed by atoms with van der Waals surface area (Å²) >= 11 is 4.99. The van der Waals surface area contributed by atoms with Crippen molar-refractivity contribution in [2.45, 2.75) is 19.8 Å². The van der Waals surface area contributed by atoms with Crippen LogP contribution in [-0.4, -0.2) is 10.9 Å². The molecule has 0 bridgehead atoms. The number of carbonyl (C=O) groups excluding carboxylic acids is 1. The molecule has 3 nitrogen and oxygen atoms in total. The minimum atomic E-state index is -0.763. The van der Waals surface area contributed by atoms with E-state index in [1.165, 1.54) is 12.1 Å². The van der Waals surface area contributed by atoms with Crippen molar-refractivity contribution >= 4 is 28.8 Å². The number of hydrogen-bond acceptors (Lipinski definition) is 2. The number of hydrogen-bond donors (Lipinski definition) is 2. The Morgan fingerprint density at radius 2 is 2.22 bits per heavy atom. The zero-order valence-electron chi connectivity index (χ0n) is 10.1. The van der Waals surface area contributed by atoms with Gasteiger partial charge in [0.15, 0.2) is 0 Å². The van der Waals surface area contributed by atoms with Crippen LogP contribution in [0, 0.1) is 17.2 Å². The van der Waals surface area contributed by atoms with Gasteiger partial charge in [-0.2, -0.15) is 0 Å². The fraction of sp³-hybridized carbons (Fsp3) is 0.385. The molecule has 1 aromatic carbocycles. The van der Waals surface area contributed by atoms with Crippen molar-refractivity contribution in [3.8, 4) is 0 Å². The molecule has 96 valence electrons. The summed E-state index contributed by atoms with van der Waals surface area (Å²) in [6.07, 6.45) is 1.31. The van der Waals surface area contributed by atoms with E-state index in [1.807, 2.05) is 6.92 Å². The second-order valence-corrected chi connectivity index (χ2v) is 5.36. The Labute approximate surface area is 111 Å². The lowest BCUT2D eigenvalue weighted by Gasteiger charge is -2.44. The lowest BCUT2D eigenvalue weighted by Crippen LogP contribution is -2.53. The van der Waals surface area contributed by atoms with E-state index in [2.05, 4.69) is 5.32 Å². The summed E-state index contributed by atoms with van der Waals surface area (Å²) in [4.78, 5) is 12.4. The van der Waals surface area contributed by atoms with Gasteiger partial charge in [0.2, 0.25) is 5.91 Å². The van der Waals surface area contributed by atoms with Gasteiger partial charge in [0.1, 0.15) is 5.82 Å². The number of nitrogens with two attached hydrogens (primary N) is 1. The van der Waals surface area contributed by atoms with Crippen LogP contribution in [0.3, 0.4) is 0 Å². The lowest BCUT2D eigenvalue weighted by atomic mass is 9.62. The van der Waals surface area contributed by atoms with Gasteiger partial charge in [-0.25, -0.2) is 4.39 Å². The minimum absolute atomic E-state index is 0.217. The van der Waals surface area contributed by atoms with Crippen LogP contribution in [0.1, 0.15) is 19.8 Å². The van der Waals surface area contributed by atoms with Gasteiger partial charge in [-0.05, 0) is 37.0 Å². The van der Waals surface area contributed by atoms with Gasteiger partial charge < -0.3 is 11.1 Å². The number of anilines is 1. The normalized spacial score (nSPS) is 26.2. The summed E-state index contributed by atoms with van der Waals surface area (Å²) in [6, 6.07) is 5.77. The highest BCUT2D eigenvalue weighted by Crippen LogP contribution is 2.46. The number of thiocarbonyl (C=S) groups is 1. The second kappa shape index (κ2) is 4.65. The van der Waals surface area contributed by atoms with Gasteiger partial charge >= 0.3 is 0 Å². The van der Waals surface area contributed by atoms with Gasteiger partial charge in [0.25, 0.3) is 0 Å². The topological polar surface area (TPSA) is 55.1 Å². The molecular weight excluding hydrogens is 251 g/mol. The highest BCUT2D eigenvalue weighted by Gasteiger charge is 2.50. The molecule has 18 heavy (non-hydrogen) atoms.